The topological polar surface area (TPSA) is 97.6 Å². The van der Waals surface area contributed by atoms with E-state index in [1.165, 1.54) is 28.0 Å². The molecule has 0 bridgehead atoms. The Balaban J connectivity index is 1.60. The predicted octanol–water partition coefficient (Wildman–Crippen LogP) is 6.47. The minimum atomic E-state index is -0.822. The zero-order chi connectivity index (χ0) is 34.5. The molecule has 5 rings (SSSR count). The van der Waals surface area contributed by atoms with E-state index in [0.29, 0.717) is 60.2 Å². The molecule has 0 amide bonds. The van der Waals surface area contributed by atoms with Gasteiger partial charge in [-0.15, -0.1) is 0 Å². The van der Waals surface area contributed by atoms with Crippen molar-refractivity contribution < 1.29 is 32.9 Å². The molecule has 12 heteroatoms. The summed E-state index contributed by atoms with van der Waals surface area (Å²) < 4.78 is 44.8. The second kappa shape index (κ2) is 15.2. The summed E-state index contributed by atoms with van der Waals surface area (Å²) in [6.07, 6.45) is 1.67. The van der Waals surface area contributed by atoms with Crippen LogP contribution in [0.1, 0.15) is 57.4 Å². The zero-order valence-corrected chi connectivity index (χ0v) is 29.9. The molecule has 1 atom stereocenters. The van der Waals surface area contributed by atoms with E-state index in [1.807, 2.05) is 32.9 Å². The van der Waals surface area contributed by atoms with Crippen molar-refractivity contribution in [1.82, 2.24) is 4.57 Å². The van der Waals surface area contributed by atoms with Gasteiger partial charge in [0.05, 0.1) is 52.7 Å². The Hall–Kier alpha value is -4.42. The second-order valence-electron chi connectivity index (χ2n) is 11.1. The lowest BCUT2D eigenvalue weighted by Crippen LogP contribution is -2.40. The summed E-state index contributed by atoms with van der Waals surface area (Å²) in [6.45, 7) is 9.91. The number of thiazole rings is 1. The van der Waals surface area contributed by atoms with Crippen LogP contribution < -0.4 is 33.8 Å². The molecule has 0 spiro atoms. The van der Waals surface area contributed by atoms with Gasteiger partial charge in [0.2, 0.25) is 0 Å². The van der Waals surface area contributed by atoms with Gasteiger partial charge in [-0.05, 0) is 110 Å². The molecule has 0 aliphatic carbocycles. The first-order valence-corrected chi connectivity index (χ1v) is 17.0. The van der Waals surface area contributed by atoms with Gasteiger partial charge in [-0.1, -0.05) is 29.5 Å². The average Bonchev–Trinajstić information content (AvgIpc) is 3.34. The molecule has 0 saturated heterocycles. The number of carbonyl (C=O) groups excluding carboxylic acids is 1. The van der Waals surface area contributed by atoms with Gasteiger partial charge in [0, 0.05) is 0 Å². The summed E-state index contributed by atoms with van der Waals surface area (Å²) in [6, 6.07) is 14.2. The number of ether oxygens (including phenoxy) is 5. The number of hydrogen-bond acceptors (Lipinski definition) is 9. The monoisotopic (exact) mass is 738 g/mol. The maximum atomic E-state index is 14.2. The molecule has 1 aliphatic rings. The molecule has 4 aromatic rings. The van der Waals surface area contributed by atoms with Crippen LogP contribution in [0.15, 0.2) is 80.1 Å². The number of esters is 1. The van der Waals surface area contributed by atoms with E-state index in [-0.39, 0.29) is 36.3 Å². The van der Waals surface area contributed by atoms with Crippen LogP contribution in [0, 0.1) is 5.82 Å². The quantitative estimate of drug-likeness (QED) is 0.154. The first-order valence-electron chi connectivity index (χ1n) is 15.4. The minimum Gasteiger partial charge on any atom is -0.493 e. The Morgan fingerprint density at radius 1 is 1.04 bits per heavy atom. The largest absolute Gasteiger partial charge is 0.493 e. The Labute approximate surface area is 290 Å². The lowest BCUT2D eigenvalue weighted by Gasteiger charge is -2.25. The van der Waals surface area contributed by atoms with Crippen LogP contribution in [-0.2, 0) is 16.1 Å². The lowest BCUT2D eigenvalue weighted by atomic mass is 9.95. The summed E-state index contributed by atoms with van der Waals surface area (Å²) in [5.74, 6) is 1.09. The number of fused-ring (bicyclic) bond motifs is 1. The number of methoxy groups -OCH3 is 1. The average molecular weight is 740 g/mol. The number of halogens is 2. The number of hydrogen-bond donors (Lipinski definition) is 0. The van der Waals surface area contributed by atoms with Crippen molar-refractivity contribution in [2.75, 3.05) is 20.3 Å². The van der Waals surface area contributed by atoms with Crippen molar-refractivity contribution in [1.29, 1.82) is 0 Å². The molecule has 0 fully saturated rings. The van der Waals surface area contributed by atoms with Crippen LogP contribution in [0.4, 0.5) is 4.39 Å². The molecule has 1 aromatic heterocycles. The number of allylic oxidation sites excluding steroid dienone is 1. The van der Waals surface area contributed by atoms with E-state index in [2.05, 4.69) is 20.9 Å². The van der Waals surface area contributed by atoms with E-state index in [1.54, 1.807) is 57.4 Å². The van der Waals surface area contributed by atoms with Gasteiger partial charge in [0.15, 0.2) is 27.8 Å². The number of aromatic nitrogens is 1. The van der Waals surface area contributed by atoms with E-state index < -0.39 is 12.0 Å². The van der Waals surface area contributed by atoms with Gasteiger partial charge in [0.1, 0.15) is 12.4 Å². The van der Waals surface area contributed by atoms with Crippen LogP contribution in [0.5, 0.6) is 23.0 Å². The van der Waals surface area contributed by atoms with Crippen molar-refractivity contribution >= 4 is 39.3 Å². The summed E-state index contributed by atoms with van der Waals surface area (Å²) in [7, 11) is 1.54. The summed E-state index contributed by atoms with van der Waals surface area (Å²) in [4.78, 5) is 32.7. The van der Waals surface area contributed by atoms with Gasteiger partial charge in [-0.25, -0.2) is 14.2 Å². The summed E-state index contributed by atoms with van der Waals surface area (Å²) >= 11 is 4.81. The maximum Gasteiger partial charge on any atom is 0.338 e. The third-order valence-corrected chi connectivity index (χ3v) is 8.88. The first-order chi connectivity index (χ1) is 23.0. The molecule has 1 aliphatic heterocycles. The normalized spacial score (nSPS) is 14.4. The first kappa shape index (κ1) is 34.9. The Bertz CT molecular complexity index is 2040. The molecule has 3 aromatic carbocycles. The van der Waals surface area contributed by atoms with Crippen molar-refractivity contribution in [3.63, 3.8) is 0 Å². The maximum absolute atomic E-state index is 14.2. The van der Waals surface area contributed by atoms with Crippen LogP contribution in [0.3, 0.4) is 0 Å². The van der Waals surface area contributed by atoms with Crippen molar-refractivity contribution in [2.45, 2.75) is 53.4 Å². The molecule has 2 heterocycles. The van der Waals surface area contributed by atoms with E-state index >= 15 is 0 Å². The van der Waals surface area contributed by atoms with Gasteiger partial charge in [0.25, 0.3) is 5.56 Å². The number of benzene rings is 3. The van der Waals surface area contributed by atoms with E-state index in [0.717, 1.165) is 5.56 Å². The Kier molecular flexibility index (Phi) is 11.1. The zero-order valence-electron chi connectivity index (χ0n) is 27.5. The van der Waals surface area contributed by atoms with Crippen LogP contribution in [0.2, 0.25) is 0 Å². The number of carbonyl (C=O) groups is 1. The molecule has 9 nitrogen and oxygen atoms in total. The molecular formula is C36H36BrFN2O7S. The third kappa shape index (κ3) is 7.50. The highest BCUT2D eigenvalue weighted by atomic mass is 79.9. The number of nitrogens with zero attached hydrogens (tertiary/aromatic N) is 2. The molecule has 252 valence electrons. The fraction of sp³-hybridized carbons (Fsp3) is 0.306. The molecular weight excluding hydrogens is 703 g/mol. The van der Waals surface area contributed by atoms with E-state index in [9.17, 15) is 14.0 Å². The van der Waals surface area contributed by atoms with Gasteiger partial charge < -0.3 is 23.7 Å². The highest BCUT2D eigenvalue weighted by Crippen LogP contribution is 2.39. The Morgan fingerprint density at radius 2 is 1.79 bits per heavy atom. The standard InChI is InChI=1S/C36H36BrFN2O7S/c1-7-44-29-16-23(15-26(37)33(29)46-19-22-9-12-25(38)13-10-22)17-30-34(41)40-32(24-11-14-27(47-20(3)4)28(18-24)43-6)31(35(42)45-8-2)21(5)39-36(40)48-30/h9-18,20,32H,7-8,19H2,1-6H3/b30-17-/t32-/m1/s1. The SMILES string of the molecule is CCOC(=O)C1=C(C)N=c2s/c(=C\c3cc(Br)c(OCc4ccc(F)cc4)c(OCC)c3)c(=O)n2[C@@H]1c1ccc(OC(C)C)c(OC)c1. The van der Waals surface area contributed by atoms with Crippen molar-refractivity contribution in [3.05, 3.63) is 113 Å². The van der Waals surface area contributed by atoms with E-state index in [4.69, 9.17) is 23.7 Å². The van der Waals surface area contributed by atoms with Crippen LogP contribution in [-0.4, -0.2) is 37.0 Å². The second-order valence-corrected chi connectivity index (χ2v) is 12.9. The molecule has 0 N–H and O–H groups in total. The van der Waals surface area contributed by atoms with Crippen LogP contribution in [0.25, 0.3) is 6.08 Å². The molecule has 0 radical (unpaired) electrons. The molecule has 0 saturated carbocycles. The highest BCUT2D eigenvalue weighted by molar-refractivity contribution is 9.10. The van der Waals surface area contributed by atoms with Gasteiger partial charge >= 0.3 is 5.97 Å². The highest BCUT2D eigenvalue weighted by Gasteiger charge is 2.34. The molecule has 48 heavy (non-hydrogen) atoms. The summed E-state index contributed by atoms with van der Waals surface area (Å²) in [5.41, 5.74) is 2.50. The lowest BCUT2D eigenvalue weighted by molar-refractivity contribution is -0.139. The molecule has 0 unspecified atom stereocenters. The fourth-order valence-corrected chi connectivity index (χ4v) is 6.90. The predicted molar refractivity (Wildman–Crippen MR) is 185 cm³/mol. The summed E-state index contributed by atoms with van der Waals surface area (Å²) in [5, 5.41) is 0. The number of rotatable bonds is 12. The van der Waals surface area contributed by atoms with Crippen LogP contribution >= 0.6 is 27.3 Å². The van der Waals surface area contributed by atoms with Crippen molar-refractivity contribution in [2.24, 2.45) is 4.99 Å². The smallest absolute Gasteiger partial charge is 0.338 e. The van der Waals surface area contributed by atoms with Crippen molar-refractivity contribution in [3.8, 4) is 23.0 Å². The minimum absolute atomic E-state index is 0.0848. The van der Waals surface area contributed by atoms with Gasteiger partial charge in [-0.3, -0.25) is 9.36 Å². The third-order valence-electron chi connectivity index (χ3n) is 7.31. The Morgan fingerprint density at radius 3 is 2.46 bits per heavy atom. The van der Waals surface area contributed by atoms with Gasteiger partial charge in [-0.2, -0.15) is 0 Å². The fourth-order valence-electron chi connectivity index (χ4n) is 5.27.